The molecule has 28 aromatic rings. The van der Waals surface area contributed by atoms with Crippen molar-refractivity contribution in [1.82, 2.24) is 38.2 Å². The molecule has 0 aliphatic carbocycles. The molecule has 0 aliphatic rings. The lowest BCUT2D eigenvalue weighted by Crippen LogP contribution is -2.04. The lowest BCUT2D eigenvalue weighted by atomic mass is 9.99. The van der Waals surface area contributed by atoms with Crippen LogP contribution < -0.4 is 0 Å². The van der Waals surface area contributed by atoms with Crippen molar-refractivity contribution in [3.8, 4) is 90.6 Å². The third-order valence-corrected chi connectivity index (χ3v) is 27.4. The summed E-state index contributed by atoms with van der Waals surface area (Å²) in [5.74, 6) is 1.27. The first-order valence-electron chi connectivity index (χ1n) is 45.1. The minimum atomic E-state index is 0.637. The molecule has 6 aromatic heterocycles. The fourth-order valence-corrected chi connectivity index (χ4v) is 21.3. The molecule has 0 fully saturated rings. The predicted molar refractivity (Wildman–Crippen MR) is 554 cm³/mol. The van der Waals surface area contributed by atoms with E-state index in [2.05, 4.69) is 479 Å². The normalized spacial score (nSPS) is 11.9. The summed E-state index contributed by atoms with van der Waals surface area (Å²) in [5, 5.41) is 28.9. The number of fused-ring (bicyclic) bond motifs is 22. The molecule has 612 valence electrons. The van der Waals surface area contributed by atoms with Gasteiger partial charge in [-0.2, -0.15) is 0 Å². The van der Waals surface area contributed by atoms with Crippen LogP contribution in [0.2, 0.25) is 0 Å². The summed E-state index contributed by atoms with van der Waals surface area (Å²) < 4.78 is 9.34. The molecule has 0 atom stereocenters. The maximum absolute atomic E-state index is 5.45. The van der Waals surface area contributed by atoms with Crippen molar-refractivity contribution < 1.29 is 0 Å². The van der Waals surface area contributed by atoms with Gasteiger partial charge in [-0.1, -0.05) is 352 Å². The zero-order valence-corrected chi connectivity index (χ0v) is 71.5. The van der Waals surface area contributed by atoms with Crippen LogP contribution in [0, 0.1) is 0 Å². The molecule has 0 N–H and O–H groups in total. The van der Waals surface area contributed by atoms with Crippen molar-refractivity contribution in [1.29, 1.82) is 0 Å². The van der Waals surface area contributed by atoms with Gasteiger partial charge in [0.1, 0.15) is 0 Å². The Balaban J connectivity index is 0.000000135. The van der Waals surface area contributed by atoms with Gasteiger partial charge >= 0.3 is 0 Å². The Kier molecular flexibility index (Phi) is 16.9. The van der Waals surface area contributed by atoms with E-state index in [9.17, 15) is 0 Å². The van der Waals surface area contributed by atoms with Crippen molar-refractivity contribution in [2.45, 2.75) is 0 Å². The molecule has 0 unspecified atom stereocenters. The van der Waals surface area contributed by atoms with Gasteiger partial charge in [0.25, 0.3) is 0 Å². The van der Waals surface area contributed by atoms with E-state index in [0.717, 1.165) is 133 Å². The zero-order valence-electron chi connectivity index (χ0n) is 71.5. The molecule has 8 nitrogen and oxygen atoms in total. The molecule has 0 spiro atoms. The summed E-state index contributed by atoms with van der Waals surface area (Å²) in [7, 11) is 0. The van der Waals surface area contributed by atoms with Gasteiger partial charge in [-0.05, 0) is 218 Å². The fraction of sp³-hybridized carbons (Fsp3) is 0. The zero-order chi connectivity index (χ0) is 86.6. The molecule has 22 aromatic carbocycles. The van der Waals surface area contributed by atoms with E-state index in [1.807, 2.05) is 0 Å². The second-order valence-corrected chi connectivity index (χ2v) is 34.7. The first-order chi connectivity index (χ1) is 65.4. The minimum absolute atomic E-state index is 0.637. The average molecular weight is 1680 g/mol. The van der Waals surface area contributed by atoms with Crippen LogP contribution in [-0.4, -0.2) is 38.2 Å². The number of hydrogen-bond donors (Lipinski definition) is 0. The second kappa shape index (κ2) is 30.0. The Hall–Kier alpha value is -17.7. The van der Waals surface area contributed by atoms with Gasteiger partial charge in [-0.15, -0.1) is 0 Å². The molecular formula is C124H76N8. The predicted octanol–water partition coefficient (Wildman–Crippen LogP) is 32.6. The van der Waals surface area contributed by atoms with E-state index in [-0.39, 0.29) is 0 Å². The van der Waals surface area contributed by atoms with Gasteiger partial charge in [-0.3, -0.25) is 9.13 Å². The van der Waals surface area contributed by atoms with Crippen LogP contribution in [0.25, 0.3) is 264 Å². The second-order valence-electron chi connectivity index (χ2n) is 34.7. The molecule has 0 saturated heterocycles. The minimum Gasteiger partial charge on any atom is -0.309 e. The Bertz CT molecular complexity index is 9510. The van der Waals surface area contributed by atoms with E-state index in [4.69, 9.17) is 19.9 Å². The summed E-state index contributed by atoms with van der Waals surface area (Å²) >= 11 is 0. The summed E-state index contributed by atoms with van der Waals surface area (Å²) in [4.78, 5) is 21.8. The number of nitrogens with zero attached hydrogens (tertiary/aromatic N) is 8. The highest BCUT2D eigenvalue weighted by Crippen LogP contribution is 2.46. The van der Waals surface area contributed by atoms with Crippen molar-refractivity contribution in [3.63, 3.8) is 0 Å². The largest absolute Gasteiger partial charge is 0.309 e. The van der Waals surface area contributed by atoms with Crippen molar-refractivity contribution in [2.24, 2.45) is 0 Å². The standard InChI is InChI=1S/2C62H38N4/c1-5-19-47-39(13-1)16-11-23-50(47)56-38-57(51-24-12-17-40-14-2-6-20-48(40)51)64-62(63-56)66-59-26-10-8-22-53(59)55-37-43(30-34-61(55)66)42-29-33-60-54(36-42)52-21-7-9-25-58(52)65(60)45-31-32-49-44(35-45)28-27-41-15-3-4-18-46(41)49;1-4-18-46-39(13-1)16-11-23-49(46)56-38-57(50-24-12-17-40-14-2-5-19-47(40)50)64-62(63-56)66-59-26-10-8-22-52(59)55-36-44(31-34-61(55)66)43-30-33-60-54(35-43)51-21-7-9-25-58(51)65(60)45-32-29-42-28-27-41-15-3-6-20-48(41)53(42)37-45/h2*1-38H. The molecule has 0 aliphatic heterocycles. The Morgan fingerprint density at radius 3 is 0.720 bits per heavy atom. The molecule has 0 radical (unpaired) electrons. The first-order valence-corrected chi connectivity index (χ1v) is 45.1. The lowest BCUT2D eigenvalue weighted by Gasteiger charge is -2.14. The molecule has 28 rings (SSSR count). The van der Waals surface area contributed by atoms with Crippen LogP contribution in [-0.2, 0) is 0 Å². The third-order valence-electron chi connectivity index (χ3n) is 27.4. The first kappa shape index (κ1) is 74.5. The molecule has 0 saturated carbocycles. The van der Waals surface area contributed by atoms with Crippen molar-refractivity contribution in [2.75, 3.05) is 0 Å². The van der Waals surface area contributed by atoms with E-state index in [0.29, 0.717) is 11.9 Å². The van der Waals surface area contributed by atoms with E-state index < -0.39 is 0 Å². The van der Waals surface area contributed by atoms with Gasteiger partial charge < -0.3 is 9.13 Å². The van der Waals surface area contributed by atoms with Gasteiger partial charge in [0.15, 0.2) is 0 Å². The van der Waals surface area contributed by atoms with Crippen LogP contribution in [0.4, 0.5) is 0 Å². The van der Waals surface area contributed by atoms with E-state index in [1.54, 1.807) is 0 Å². The Morgan fingerprint density at radius 1 is 0.129 bits per heavy atom. The van der Waals surface area contributed by atoms with Crippen molar-refractivity contribution in [3.05, 3.63) is 461 Å². The summed E-state index contributed by atoms with van der Waals surface area (Å²) in [6.07, 6.45) is 0. The highest BCUT2D eigenvalue weighted by Gasteiger charge is 2.25. The van der Waals surface area contributed by atoms with Gasteiger partial charge in [0.05, 0.1) is 66.9 Å². The smallest absolute Gasteiger partial charge is 0.235 e. The van der Waals surface area contributed by atoms with Gasteiger partial charge in [0.2, 0.25) is 11.9 Å². The number of aromatic nitrogens is 8. The number of benzene rings is 22. The maximum atomic E-state index is 5.45. The quantitative estimate of drug-likeness (QED) is 0.128. The number of hydrogen-bond acceptors (Lipinski definition) is 4. The summed E-state index contributed by atoms with van der Waals surface area (Å²) in [6, 6.07) is 167. The van der Waals surface area contributed by atoms with Crippen LogP contribution in [0.1, 0.15) is 0 Å². The SMILES string of the molecule is c1ccc2c(-c3cc(-c4cccc5ccccc45)nc(-n4c5ccccc5c5cc(-c6ccc7c(c6)c6ccccc6n7-c6ccc7c(ccc8ccccc87)c6)ccc54)n3)cccc2c1.c1ccc2c(-c3cc(-c4cccc5ccccc45)nc(-n4c5ccccc5c5cc(-c6ccc7c(c6)c6ccccc6n7-c6ccc7ccc8ccccc8c7c6)ccc54)n3)cccc2c1. The van der Waals surface area contributed by atoms with Gasteiger partial charge in [-0.25, -0.2) is 19.9 Å². The van der Waals surface area contributed by atoms with Crippen molar-refractivity contribution >= 4 is 173 Å². The maximum Gasteiger partial charge on any atom is 0.235 e. The van der Waals surface area contributed by atoms with Crippen LogP contribution in [0.5, 0.6) is 0 Å². The highest BCUT2D eigenvalue weighted by atomic mass is 15.2. The third kappa shape index (κ3) is 12.0. The average Bonchev–Trinajstić information content (AvgIpc) is 1.57. The Morgan fingerprint density at radius 2 is 0.364 bits per heavy atom. The summed E-state index contributed by atoms with van der Waals surface area (Å²) in [5.41, 5.74) is 23.8. The van der Waals surface area contributed by atoms with Crippen LogP contribution in [0.15, 0.2) is 461 Å². The molecular weight excluding hydrogens is 1600 g/mol. The molecule has 6 heterocycles. The molecule has 0 bridgehead atoms. The number of rotatable bonds is 10. The lowest BCUT2D eigenvalue weighted by molar-refractivity contribution is 0.996. The topological polar surface area (TPSA) is 71.3 Å². The van der Waals surface area contributed by atoms with Crippen LogP contribution in [0.3, 0.4) is 0 Å². The monoisotopic (exact) mass is 1680 g/mol. The molecule has 0 amide bonds. The van der Waals surface area contributed by atoms with E-state index in [1.165, 1.54) is 119 Å². The highest BCUT2D eigenvalue weighted by molar-refractivity contribution is 6.18. The molecule has 132 heavy (non-hydrogen) atoms. The number of para-hydroxylation sites is 4. The molecule has 8 heteroatoms. The van der Waals surface area contributed by atoms with E-state index >= 15 is 0 Å². The Labute approximate surface area is 758 Å². The fourth-order valence-electron chi connectivity index (χ4n) is 21.3. The summed E-state index contributed by atoms with van der Waals surface area (Å²) in [6.45, 7) is 0. The van der Waals surface area contributed by atoms with Crippen LogP contribution >= 0.6 is 0 Å². The van der Waals surface area contributed by atoms with Gasteiger partial charge in [0, 0.05) is 76.7 Å².